The van der Waals surface area contributed by atoms with Gasteiger partial charge in [0.25, 0.3) is 11.1 Å². The van der Waals surface area contributed by atoms with Gasteiger partial charge < -0.3 is 10.4 Å². The number of hydrogen-bond donors (Lipinski definition) is 2. The minimum Gasteiger partial charge on any atom is -0.394 e. The average molecular weight is 445 g/mol. The van der Waals surface area contributed by atoms with Crippen molar-refractivity contribution in [3.63, 3.8) is 0 Å². The molecule has 1 aliphatic rings. The second-order valence-corrected chi connectivity index (χ2v) is 8.20. The van der Waals surface area contributed by atoms with Crippen LogP contribution in [0.2, 0.25) is 5.02 Å². The Morgan fingerprint density at radius 1 is 1.17 bits per heavy atom. The van der Waals surface area contributed by atoms with Crippen LogP contribution in [-0.4, -0.2) is 46.3 Å². The molecule has 1 atom stereocenters. The van der Waals surface area contributed by atoms with Crippen molar-refractivity contribution in [2.45, 2.75) is 18.9 Å². The fraction of sp³-hybridized carbons (Fsp3) is 0.227. The van der Waals surface area contributed by atoms with Crippen LogP contribution in [0.3, 0.4) is 0 Å². The Bertz CT molecular complexity index is 965. The number of aliphatic hydroxyl groups is 1. The molecule has 1 heterocycles. The maximum absolute atomic E-state index is 12.5. The molecule has 8 heteroatoms. The number of nitrogens with zero attached hydrogens (tertiary/aromatic N) is 1. The third kappa shape index (κ3) is 5.95. The van der Waals surface area contributed by atoms with Crippen LogP contribution in [-0.2, 0) is 16.0 Å². The number of thioether (sulfide) groups is 1. The van der Waals surface area contributed by atoms with Gasteiger partial charge >= 0.3 is 0 Å². The maximum atomic E-state index is 12.5. The summed E-state index contributed by atoms with van der Waals surface area (Å²) >= 11 is 6.79. The van der Waals surface area contributed by atoms with Crippen LogP contribution in [0, 0.1) is 0 Å². The van der Waals surface area contributed by atoms with Gasteiger partial charge in [-0.3, -0.25) is 19.3 Å². The fourth-order valence-corrected chi connectivity index (χ4v) is 4.08. The SMILES string of the molecule is O=C(CCN1C(=O)S/C(=C\c2cccc(Cl)c2)C1=O)NC(CO)Cc1ccccc1. The normalized spacial score (nSPS) is 16.2. The van der Waals surface area contributed by atoms with Crippen molar-refractivity contribution in [1.29, 1.82) is 0 Å². The van der Waals surface area contributed by atoms with Crippen molar-refractivity contribution >= 4 is 46.5 Å². The van der Waals surface area contributed by atoms with E-state index in [1.165, 1.54) is 0 Å². The molecule has 1 saturated heterocycles. The lowest BCUT2D eigenvalue weighted by Gasteiger charge is -2.18. The molecule has 2 aromatic carbocycles. The van der Waals surface area contributed by atoms with E-state index >= 15 is 0 Å². The van der Waals surface area contributed by atoms with E-state index in [4.69, 9.17) is 11.6 Å². The predicted molar refractivity (Wildman–Crippen MR) is 118 cm³/mol. The van der Waals surface area contributed by atoms with Gasteiger partial charge in [-0.15, -0.1) is 0 Å². The van der Waals surface area contributed by atoms with Crippen molar-refractivity contribution < 1.29 is 19.5 Å². The standard InChI is InChI=1S/C22H21ClN2O4S/c23-17-8-4-7-16(11-17)13-19-21(28)25(22(29)30-19)10-9-20(27)24-18(14-26)12-15-5-2-1-3-6-15/h1-8,11,13,18,26H,9-10,12,14H2,(H,24,27)/b19-13-. The lowest BCUT2D eigenvalue weighted by Crippen LogP contribution is -2.41. The zero-order valence-corrected chi connectivity index (χ0v) is 17.7. The van der Waals surface area contributed by atoms with Crippen molar-refractivity contribution in [3.05, 3.63) is 75.7 Å². The van der Waals surface area contributed by atoms with E-state index in [2.05, 4.69) is 5.32 Å². The minimum absolute atomic E-state index is 0.0210. The number of carbonyl (C=O) groups is 3. The monoisotopic (exact) mass is 444 g/mol. The van der Waals surface area contributed by atoms with Gasteiger partial charge in [0.05, 0.1) is 17.6 Å². The molecule has 0 aromatic heterocycles. The van der Waals surface area contributed by atoms with Crippen LogP contribution in [0.4, 0.5) is 4.79 Å². The van der Waals surface area contributed by atoms with Gasteiger partial charge in [-0.25, -0.2) is 0 Å². The summed E-state index contributed by atoms with van der Waals surface area (Å²) in [5, 5.41) is 12.4. The molecule has 2 aromatic rings. The second kappa shape index (κ2) is 10.4. The first-order valence-corrected chi connectivity index (χ1v) is 10.6. The number of carbonyl (C=O) groups excluding carboxylic acids is 3. The Hall–Kier alpha value is -2.61. The van der Waals surface area contributed by atoms with Gasteiger partial charge in [-0.05, 0) is 47.5 Å². The third-order valence-corrected chi connectivity index (χ3v) is 5.64. The summed E-state index contributed by atoms with van der Waals surface area (Å²) in [4.78, 5) is 38.4. The highest BCUT2D eigenvalue weighted by Gasteiger charge is 2.35. The number of rotatable bonds is 8. The smallest absolute Gasteiger partial charge is 0.293 e. The topological polar surface area (TPSA) is 86.7 Å². The number of hydrogen-bond acceptors (Lipinski definition) is 5. The highest BCUT2D eigenvalue weighted by molar-refractivity contribution is 8.18. The lowest BCUT2D eigenvalue weighted by molar-refractivity contribution is -0.124. The summed E-state index contributed by atoms with van der Waals surface area (Å²) in [5.41, 5.74) is 1.71. The van der Waals surface area contributed by atoms with E-state index in [0.717, 1.165) is 27.8 Å². The van der Waals surface area contributed by atoms with Crippen LogP contribution in [0.15, 0.2) is 59.5 Å². The van der Waals surface area contributed by atoms with Crippen LogP contribution < -0.4 is 5.32 Å². The van der Waals surface area contributed by atoms with Gasteiger partial charge in [-0.2, -0.15) is 0 Å². The highest BCUT2D eigenvalue weighted by Crippen LogP contribution is 2.32. The molecule has 1 fully saturated rings. The molecule has 30 heavy (non-hydrogen) atoms. The van der Waals surface area contributed by atoms with Gasteiger partial charge in [-0.1, -0.05) is 54.1 Å². The van der Waals surface area contributed by atoms with Crippen LogP contribution in [0.5, 0.6) is 0 Å². The van der Waals surface area contributed by atoms with Gasteiger partial charge in [0.15, 0.2) is 0 Å². The molecule has 156 valence electrons. The van der Waals surface area contributed by atoms with E-state index in [1.54, 1.807) is 30.3 Å². The summed E-state index contributed by atoms with van der Waals surface area (Å²) in [6.45, 7) is -0.225. The molecule has 2 N–H and O–H groups in total. The van der Waals surface area contributed by atoms with Crippen molar-refractivity contribution in [2.75, 3.05) is 13.2 Å². The highest BCUT2D eigenvalue weighted by atomic mass is 35.5. The molecule has 6 nitrogen and oxygen atoms in total. The maximum Gasteiger partial charge on any atom is 0.293 e. The lowest BCUT2D eigenvalue weighted by atomic mass is 10.1. The van der Waals surface area contributed by atoms with Gasteiger partial charge in [0.2, 0.25) is 5.91 Å². The molecule has 0 spiro atoms. The zero-order valence-electron chi connectivity index (χ0n) is 16.1. The molecular formula is C22H21ClN2O4S. The molecule has 0 radical (unpaired) electrons. The number of amides is 3. The Morgan fingerprint density at radius 2 is 1.93 bits per heavy atom. The van der Waals surface area contributed by atoms with Gasteiger partial charge in [0.1, 0.15) is 0 Å². The quantitative estimate of drug-likeness (QED) is 0.608. The average Bonchev–Trinajstić information content (AvgIpc) is 2.99. The Morgan fingerprint density at radius 3 is 2.63 bits per heavy atom. The largest absolute Gasteiger partial charge is 0.394 e. The molecule has 1 unspecified atom stereocenters. The summed E-state index contributed by atoms with van der Waals surface area (Å²) in [6.07, 6.45) is 2.07. The Labute approximate surface area is 183 Å². The first kappa shape index (κ1) is 22.1. The van der Waals surface area contributed by atoms with E-state index in [-0.39, 0.29) is 25.5 Å². The predicted octanol–water partition coefficient (Wildman–Crippen LogP) is 3.49. The first-order chi connectivity index (χ1) is 14.5. The number of aliphatic hydroxyl groups excluding tert-OH is 1. The molecule has 0 aliphatic carbocycles. The summed E-state index contributed by atoms with van der Waals surface area (Å²) in [6, 6.07) is 16.1. The second-order valence-electron chi connectivity index (χ2n) is 6.78. The van der Waals surface area contributed by atoms with Crippen molar-refractivity contribution in [1.82, 2.24) is 10.2 Å². The number of nitrogens with one attached hydrogen (secondary N) is 1. The number of benzene rings is 2. The van der Waals surface area contributed by atoms with Crippen LogP contribution in [0.25, 0.3) is 6.08 Å². The van der Waals surface area contributed by atoms with Crippen LogP contribution >= 0.6 is 23.4 Å². The summed E-state index contributed by atoms with van der Waals surface area (Å²) < 4.78 is 0. The van der Waals surface area contributed by atoms with Crippen molar-refractivity contribution in [3.8, 4) is 0 Å². The van der Waals surface area contributed by atoms with Crippen LogP contribution in [0.1, 0.15) is 17.5 Å². The number of halogens is 1. The molecule has 3 rings (SSSR count). The van der Waals surface area contributed by atoms with E-state index in [9.17, 15) is 19.5 Å². The Balaban J connectivity index is 1.55. The molecule has 3 amide bonds. The summed E-state index contributed by atoms with van der Waals surface area (Å²) in [5.74, 6) is -0.761. The minimum atomic E-state index is -0.433. The molecular weight excluding hydrogens is 424 g/mol. The molecule has 1 aliphatic heterocycles. The number of imide groups is 1. The van der Waals surface area contributed by atoms with E-state index in [1.807, 2.05) is 30.3 Å². The Kier molecular flexibility index (Phi) is 7.68. The van der Waals surface area contributed by atoms with E-state index < -0.39 is 17.2 Å². The third-order valence-electron chi connectivity index (χ3n) is 4.49. The van der Waals surface area contributed by atoms with Crippen molar-refractivity contribution in [2.24, 2.45) is 0 Å². The molecule has 0 saturated carbocycles. The first-order valence-electron chi connectivity index (χ1n) is 9.41. The zero-order chi connectivity index (χ0) is 21.5. The summed E-state index contributed by atoms with van der Waals surface area (Å²) in [7, 11) is 0. The van der Waals surface area contributed by atoms with E-state index in [0.29, 0.717) is 16.3 Å². The fourth-order valence-electron chi connectivity index (χ4n) is 3.01. The molecule has 0 bridgehead atoms. The van der Waals surface area contributed by atoms with Gasteiger partial charge in [0, 0.05) is 18.0 Å².